The molecule has 2 amide bonds. The van der Waals surface area contributed by atoms with Crippen LogP contribution in [-0.2, 0) is 11.2 Å². The largest absolute Gasteiger partial charge is 0.426 e. The van der Waals surface area contributed by atoms with Crippen molar-refractivity contribution in [2.24, 2.45) is 5.10 Å². The van der Waals surface area contributed by atoms with E-state index in [4.69, 9.17) is 4.74 Å². The van der Waals surface area contributed by atoms with Crippen LogP contribution in [0.25, 0.3) is 0 Å². The Labute approximate surface area is 222 Å². The van der Waals surface area contributed by atoms with Gasteiger partial charge in [0.15, 0.2) is 0 Å². The summed E-state index contributed by atoms with van der Waals surface area (Å²) in [5.41, 5.74) is 5.27. The number of nitrogens with zero attached hydrogens (tertiary/aromatic N) is 1. The zero-order valence-electron chi connectivity index (χ0n) is 19.6. The zero-order valence-corrected chi connectivity index (χ0v) is 21.1. The number of ether oxygens (including phenoxy) is 1. The molecule has 184 valence electrons. The van der Waals surface area contributed by atoms with Gasteiger partial charge in [0.1, 0.15) is 5.75 Å². The minimum atomic E-state index is -0.435. The van der Waals surface area contributed by atoms with Crippen molar-refractivity contribution >= 4 is 45.6 Å². The monoisotopic (exact) mass is 555 g/mol. The predicted molar refractivity (Wildman–Crippen MR) is 146 cm³/mol. The van der Waals surface area contributed by atoms with E-state index in [0.29, 0.717) is 28.1 Å². The summed E-state index contributed by atoms with van der Waals surface area (Å²) in [5.74, 6) is -0.765. The highest BCUT2D eigenvalue weighted by Gasteiger charge is 2.11. The van der Waals surface area contributed by atoms with Crippen LogP contribution in [0.15, 0.2) is 113 Å². The van der Waals surface area contributed by atoms with Gasteiger partial charge in [-0.25, -0.2) is 5.43 Å². The van der Waals surface area contributed by atoms with Crippen molar-refractivity contribution in [2.75, 3.05) is 5.32 Å². The number of halogens is 1. The van der Waals surface area contributed by atoms with E-state index in [9.17, 15) is 14.4 Å². The fraction of sp³-hybridized carbons (Fsp3) is 0.0345. The molecule has 0 spiro atoms. The molecule has 0 aliphatic heterocycles. The van der Waals surface area contributed by atoms with Gasteiger partial charge in [0.05, 0.1) is 12.6 Å². The molecule has 0 aliphatic carbocycles. The Morgan fingerprint density at radius 2 is 1.43 bits per heavy atom. The van der Waals surface area contributed by atoms with Crippen molar-refractivity contribution in [1.82, 2.24) is 5.43 Å². The van der Waals surface area contributed by atoms with Crippen LogP contribution in [0.5, 0.6) is 5.75 Å². The van der Waals surface area contributed by atoms with Gasteiger partial charge < -0.3 is 10.1 Å². The standard InChI is InChI=1S/C29H22BrN3O4/c30-24-13-16-26(37-27(34)17-20-7-3-1-4-8-20)23(18-24)19-31-33-29(36)22-11-14-25(15-12-22)32-28(35)21-9-5-2-6-10-21/h1-16,18-19H,17H2,(H,32,35)(H,33,36)/b31-19-. The molecule has 0 bridgehead atoms. The number of hydrazone groups is 1. The third kappa shape index (κ3) is 7.46. The van der Waals surface area contributed by atoms with Crippen molar-refractivity contribution in [3.05, 3.63) is 130 Å². The Hall–Kier alpha value is -4.56. The Morgan fingerprint density at radius 3 is 2.14 bits per heavy atom. The lowest BCUT2D eigenvalue weighted by molar-refractivity contribution is -0.133. The Balaban J connectivity index is 1.36. The van der Waals surface area contributed by atoms with Crippen LogP contribution in [0.4, 0.5) is 5.69 Å². The third-order valence-electron chi connectivity index (χ3n) is 5.20. The number of amides is 2. The van der Waals surface area contributed by atoms with Crippen LogP contribution < -0.4 is 15.5 Å². The van der Waals surface area contributed by atoms with Crippen LogP contribution >= 0.6 is 15.9 Å². The SMILES string of the molecule is O=C(Cc1ccccc1)Oc1ccc(Br)cc1/C=N\NC(=O)c1ccc(NC(=O)c2ccccc2)cc1. The summed E-state index contributed by atoms with van der Waals surface area (Å²) in [7, 11) is 0. The minimum Gasteiger partial charge on any atom is -0.426 e. The van der Waals surface area contributed by atoms with E-state index in [1.165, 1.54) is 6.21 Å². The van der Waals surface area contributed by atoms with E-state index in [0.717, 1.165) is 10.0 Å². The maximum Gasteiger partial charge on any atom is 0.315 e. The fourth-order valence-electron chi connectivity index (χ4n) is 3.36. The normalized spacial score (nSPS) is 10.6. The maximum atomic E-state index is 12.5. The van der Waals surface area contributed by atoms with E-state index in [-0.39, 0.29) is 12.3 Å². The molecule has 0 atom stereocenters. The minimum absolute atomic E-state index is 0.131. The Kier molecular flexibility index (Phi) is 8.57. The number of benzene rings is 4. The first-order valence-corrected chi connectivity index (χ1v) is 12.1. The van der Waals surface area contributed by atoms with Crippen LogP contribution in [0.3, 0.4) is 0 Å². The number of rotatable bonds is 8. The third-order valence-corrected chi connectivity index (χ3v) is 5.69. The van der Waals surface area contributed by atoms with E-state index >= 15 is 0 Å². The maximum absolute atomic E-state index is 12.5. The number of hydrogen-bond acceptors (Lipinski definition) is 5. The lowest BCUT2D eigenvalue weighted by Crippen LogP contribution is -2.18. The first-order chi connectivity index (χ1) is 18.0. The number of anilines is 1. The second-order valence-electron chi connectivity index (χ2n) is 7.92. The zero-order chi connectivity index (χ0) is 26.0. The molecule has 4 rings (SSSR count). The molecule has 7 nitrogen and oxygen atoms in total. The summed E-state index contributed by atoms with van der Waals surface area (Å²) in [6.45, 7) is 0. The molecule has 0 unspecified atom stereocenters. The molecule has 0 radical (unpaired) electrons. The molecule has 0 heterocycles. The molecule has 0 aliphatic rings. The number of hydrogen-bond donors (Lipinski definition) is 2. The average molecular weight is 556 g/mol. The molecule has 4 aromatic rings. The Bertz CT molecular complexity index is 1420. The molecule has 8 heteroatoms. The van der Waals surface area contributed by atoms with Gasteiger partial charge in [-0.1, -0.05) is 64.5 Å². The molecule has 0 aromatic heterocycles. The van der Waals surface area contributed by atoms with Gasteiger partial charge in [0.2, 0.25) is 0 Å². The van der Waals surface area contributed by atoms with Gasteiger partial charge in [0, 0.05) is 26.9 Å². The van der Waals surface area contributed by atoms with Gasteiger partial charge in [-0.3, -0.25) is 14.4 Å². The topological polar surface area (TPSA) is 96.9 Å². The molecule has 0 saturated carbocycles. The van der Waals surface area contributed by atoms with Gasteiger partial charge in [-0.05, 0) is 60.2 Å². The van der Waals surface area contributed by atoms with Crippen LogP contribution in [0.1, 0.15) is 31.8 Å². The Morgan fingerprint density at radius 1 is 0.784 bits per heavy atom. The second kappa shape index (κ2) is 12.4. The number of carbonyl (C=O) groups excluding carboxylic acids is 3. The molecular formula is C29H22BrN3O4. The molecule has 4 aromatic carbocycles. The quantitative estimate of drug-likeness (QED) is 0.128. The first-order valence-electron chi connectivity index (χ1n) is 11.3. The fourth-order valence-corrected chi connectivity index (χ4v) is 3.74. The van der Waals surface area contributed by atoms with Crippen molar-refractivity contribution in [2.45, 2.75) is 6.42 Å². The highest BCUT2D eigenvalue weighted by molar-refractivity contribution is 9.10. The van der Waals surface area contributed by atoms with Gasteiger partial charge >= 0.3 is 5.97 Å². The number of esters is 1. The lowest BCUT2D eigenvalue weighted by atomic mass is 10.1. The summed E-state index contributed by atoms with van der Waals surface area (Å²) in [5, 5.41) is 6.80. The molecular weight excluding hydrogens is 534 g/mol. The van der Waals surface area contributed by atoms with Gasteiger partial charge in [-0.15, -0.1) is 0 Å². The van der Waals surface area contributed by atoms with Crippen molar-refractivity contribution in [3.63, 3.8) is 0 Å². The first kappa shape index (κ1) is 25.5. The predicted octanol–water partition coefficient (Wildman–Crippen LogP) is 5.61. The smallest absolute Gasteiger partial charge is 0.315 e. The van der Waals surface area contributed by atoms with E-state index in [1.807, 2.05) is 36.4 Å². The summed E-state index contributed by atoms with van der Waals surface area (Å²) in [6.07, 6.45) is 1.54. The van der Waals surface area contributed by atoms with Crippen LogP contribution in [-0.4, -0.2) is 24.0 Å². The molecule has 0 saturated heterocycles. The number of nitrogens with one attached hydrogen (secondary N) is 2. The van der Waals surface area contributed by atoms with Gasteiger partial charge in [0.25, 0.3) is 11.8 Å². The van der Waals surface area contributed by atoms with Crippen molar-refractivity contribution < 1.29 is 19.1 Å². The number of carbonyl (C=O) groups is 3. The highest BCUT2D eigenvalue weighted by atomic mass is 79.9. The highest BCUT2D eigenvalue weighted by Crippen LogP contribution is 2.22. The van der Waals surface area contributed by atoms with Crippen LogP contribution in [0, 0.1) is 0 Å². The van der Waals surface area contributed by atoms with E-state index in [1.54, 1.807) is 66.7 Å². The summed E-state index contributed by atoms with van der Waals surface area (Å²) < 4.78 is 6.29. The van der Waals surface area contributed by atoms with Gasteiger partial charge in [-0.2, -0.15) is 5.10 Å². The molecule has 37 heavy (non-hydrogen) atoms. The summed E-state index contributed by atoms with van der Waals surface area (Å²) in [4.78, 5) is 37.2. The summed E-state index contributed by atoms with van der Waals surface area (Å²) >= 11 is 3.39. The van der Waals surface area contributed by atoms with E-state index in [2.05, 4.69) is 31.8 Å². The van der Waals surface area contributed by atoms with Crippen LogP contribution in [0.2, 0.25) is 0 Å². The molecule has 0 fully saturated rings. The van der Waals surface area contributed by atoms with E-state index < -0.39 is 11.9 Å². The second-order valence-corrected chi connectivity index (χ2v) is 8.83. The molecule has 2 N–H and O–H groups in total. The average Bonchev–Trinajstić information content (AvgIpc) is 2.91. The van der Waals surface area contributed by atoms with Crippen molar-refractivity contribution in [1.29, 1.82) is 0 Å². The lowest BCUT2D eigenvalue weighted by Gasteiger charge is -2.08. The summed E-state index contributed by atoms with van der Waals surface area (Å²) in [6, 6.07) is 29.7. The van der Waals surface area contributed by atoms with Crippen molar-refractivity contribution in [3.8, 4) is 5.75 Å².